The van der Waals surface area contributed by atoms with Crippen molar-refractivity contribution in [1.29, 1.82) is 0 Å². The summed E-state index contributed by atoms with van der Waals surface area (Å²) in [4.78, 5) is 16.6. The van der Waals surface area contributed by atoms with Crippen LogP contribution < -0.4 is 0 Å². The van der Waals surface area contributed by atoms with E-state index in [2.05, 4.69) is 17.0 Å². The molecule has 140 valence electrons. The van der Waals surface area contributed by atoms with Crippen molar-refractivity contribution in [2.24, 2.45) is 0 Å². The second-order valence-electron chi connectivity index (χ2n) is 6.55. The van der Waals surface area contributed by atoms with Crippen molar-refractivity contribution in [3.8, 4) is 0 Å². The van der Waals surface area contributed by atoms with Crippen LogP contribution in [0.15, 0.2) is 30.3 Å². The van der Waals surface area contributed by atoms with Gasteiger partial charge in [0.25, 0.3) is 0 Å². The van der Waals surface area contributed by atoms with Gasteiger partial charge in [-0.2, -0.15) is 0 Å². The fourth-order valence-corrected chi connectivity index (χ4v) is 4.01. The van der Waals surface area contributed by atoms with E-state index < -0.39 is 10.0 Å². The van der Waals surface area contributed by atoms with E-state index in [1.807, 2.05) is 30.0 Å². The van der Waals surface area contributed by atoms with Crippen molar-refractivity contribution in [2.45, 2.75) is 26.3 Å². The van der Waals surface area contributed by atoms with Gasteiger partial charge in [-0.1, -0.05) is 37.3 Å². The molecule has 0 unspecified atom stereocenters. The molecule has 0 N–H and O–H groups in total. The quantitative estimate of drug-likeness (QED) is 0.697. The number of carbonyl (C=O) groups excluding carboxylic acids is 1. The first-order chi connectivity index (χ1) is 11.9. The van der Waals surface area contributed by atoms with E-state index in [1.165, 1.54) is 16.1 Å². The Bertz CT molecular complexity index is 641. The van der Waals surface area contributed by atoms with Crippen molar-refractivity contribution >= 4 is 15.9 Å². The summed E-state index contributed by atoms with van der Waals surface area (Å²) in [6, 6.07) is 10.3. The molecular formula is C18H29N3O3S. The summed E-state index contributed by atoms with van der Waals surface area (Å²) < 4.78 is 24.8. The highest BCUT2D eigenvalue weighted by Crippen LogP contribution is 2.10. The van der Waals surface area contributed by atoms with Crippen LogP contribution in [0.2, 0.25) is 0 Å². The second-order valence-corrected chi connectivity index (χ2v) is 8.54. The highest BCUT2D eigenvalue weighted by atomic mass is 32.2. The maximum atomic E-state index is 12.4. The topological polar surface area (TPSA) is 60.9 Å². The van der Waals surface area contributed by atoms with Gasteiger partial charge in [0.2, 0.25) is 15.9 Å². The Hall–Kier alpha value is -1.44. The first-order valence-corrected chi connectivity index (χ1v) is 10.7. The molecule has 1 saturated heterocycles. The zero-order chi connectivity index (χ0) is 18.3. The van der Waals surface area contributed by atoms with Gasteiger partial charge in [0.05, 0.1) is 6.26 Å². The first-order valence-electron chi connectivity index (χ1n) is 8.89. The van der Waals surface area contributed by atoms with Gasteiger partial charge in [-0.3, -0.25) is 9.69 Å². The van der Waals surface area contributed by atoms with Crippen LogP contribution >= 0.6 is 0 Å². The molecule has 1 heterocycles. The molecule has 1 aliphatic rings. The van der Waals surface area contributed by atoms with E-state index in [4.69, 9.17) is 0 Å². The van der Waals surface area contributed by atoms with Gasteiger partial charge in [0.15, 0.2) is 0 Å². The van der Waals surface area contributed by atoms with E-state index in [1.54, 1.807) is 0 Å². The molecule has 7 heteroatoms. The number of hydrogen-bond acceptors (Lipinski definition) is 4. The molecule has 0 bridgehead atoms. The third kappa shape index (κ3) is 6.41. The minimum atomic E-state index is -3.24. The van der Waals surface area contributed by atoms with Crippen LogP contribution in [-0.2, 0) is 21.4 Å². The third-order valence-electron chi connectivity index (χ3n) is 4.49. The Labute approximate surface area is 151 Å². The third-order valence-corrected chi connectivity index (χ3v) is 5.79. The van der Waals surface area contributed by atoms with Crippen molar-refractivity contribution in [2.75, 3.05) is 45.5 Å². The number of hydrogen-bond donors (Lipinski definition) is 0. The Morgan fingerprint density at radius 1 is 1.08 bits per heavy atom. The normalized spacial score (nSPS) is 16.4. The molecule has 0 radical (unpaired) electrons. The smallest absolute Gasteiger partial charge is 0.223 e. The number of carbonyl (C=O) groups is 1. The van der Waals surface area contributed by atoms with Gasteiger partial charge in [0, 0.05) is 52.2 Å². The van der Waals surface area contributed by atoms with Crippen molar-refractivity contribution < 1.29 is 13.2 Å². The van der Waals surface area contributed by atoms with Crippen molar-refractivity contribution in [3.05, 3.63) is 35.9 Å². The number of benzene rings is 1. The average molecular weight is 368 g/mol. The average Bonchev–Trinajstić information content (AvgIpc) is 2.59. The molecule has 1 aliphatic heterocycles. The number of sulfonamides is 1. The predicted octanol–water partition coefficient (Wildman–Crippen LogP) is 1.39. The summed E-state index contributed by atoms with van der Waals surface area (Å²) in [6.45, 7) is 6.70. The monoisotopic (exact) mass is 367 g/mol. The highest BCUT2D eigenvalue weighted by Gasteiger charge is 2.23. The van der Waals surface area contributed by atoms with E-state index in [9.17, 15) is 13.2 Å². The molecule has 0 saturated carbocycles. The summed E-state index contributed by atoms with van der Waals surface area (Å²) in [5, 5.41) is 0. The number of nitrogens with zero attached hydrogens (tertiary/aromatic N) is 3. The minimum absolute atomic E-state index is 0.0455. The molecule has 2 rings (SSSR count). The van der Waals surface area contributed by atoms with Gasteiger partial charge in [-0.25, -0.2) is 12.7 Å². The SMILES string of the molecule is CCCN(CCC(=O)N1CCN(Cc2ccccc2)CC1)S(C)(=O)=O. The molecule has 0 atom stereocenters. The summed E-state index contributed by atoms with van der Waals surface area (Å²) in [5.41, 5.74) is 1.28. The Morgan fingerprint density at radius 2 is 1.72 bits per heavy atom. The van der Waals surface area contributed by atoms with Crippen LogP contribution in [0.3, 0.4) is 0 Å². The predicted molar refractivity (Wildman–Crippen MR) is 99.6 cm³/mol. The van der Waals surface area contributed by atoms with E-state index >= 15 is 0 Å². The summed E-state index contributed by atoms with van der Waals surface area (Å²) in [5.74, 6) is 0.0455. The van der Waals surface area contributed by atoms with Crippen LogP contribution in [0.5, 0.6) is 0 Å². The largest absolute Gasteiger partial charge is 0.340 e. The Balaban J connectivity index is 1.77. The molecule has 25 heavy (non-hydrogen) atoms. The van der Waals surface area contributed by atoms with Gasteiger partial charge >= 0.3 is 0 Å². The fourth-order valence-electron chi connectivity index (χ4n) is 3.07. The van der Waals surface area contributed by atoms with Crippen molar-refractivity contribution in [3.63, 3.8) is 0 Å². The van der Waals surface area contributed by atoms with Crippen LogP contribution in [0, 0.1) is 0 Å². The molecule has 1 aromatic carbocycles. The lowest BCUT2D eigenvalue weighted by molar-refractivity contribution is -0.133. The molecule has 0 aliphatic carbocycles. The first kappa shape index (κ1) is 19.9. The summed E-state index contributed by atoms with van der Waals surface area (Å²) in [7, 11) is -3.24. The summed E-state index contributed by atoms with van der Waals surface area (Å²) >= 11 is 0. The number of rotatable bonds is 8. The molecule has 0 spiro atoms. The van der Waals surface area contributed by atoms with Gasteiger partial charge < -0.3 is 4.90 Å². The van der Waals surface area contributed by atoms with Gasteiger partial charge in [0.1, 0.15) is 0 Å². The Kier molecular flexibility index (Phi) is 7.40. The molecular weight excluding hydrogens is 338 g/mol. The second kappa shape index (κ2) is 9.31. The zero-order valence-corrected chi connectivity index (χ0v) is 16.0. The van der Waals surface area contributed by atoms with Crippen LogP contribution in [-0.4, -0.2) is 74.0 Å². The van der Waals surface area contributed by atoms with Gasteiger partial charge in [-0.05, 0) is 12.0 Å². The standard InChI is InChI=1S/C18H29N3O3S/c1-3-10-21(25(2,23)24)11-9-18(22)20-14-12-19(13-15-20)16-17-7-5-4-6-8-17/h4-8H,3,9-16H2,1-2H3. The lowest BCUT2D eigenvalue weighted by Crippen LogP contribution is -2.49. The van der Waals surface area contributed by atoms with Crippen LogP contribution in [0.25, 0.3) is 0 Å². The molecule has 6 nitrogen and oxygen atoms in total. The van der Waals surface area contributed by atoms with Gasteiger partial charge in [-0.15, -0.1) is 0 Å². The van der Waals surface area contributed by atoms with E-state index in [-0.39, 0.29) is 18.9 Å². The Morgan fingerprint density at radius 3 is 2.28 bits per heavy atom. The van der Waals surface area contributed by atoms with Crippen LogP contribution in [0.1, 0.15) is 25.3 Å². The lowest BCUT2D eigenvalue weighted by atomic mass is 10.2. The minimum Gasteiger partial charge on any atom is -0.340 e. The molecule has 1 fully saturated rings. The fraction of sp³-hybridized carbons (Fsp3) is 0.611. The highest BCUT2D eigenvalue weighted by molar-refractivity contribution is 7.88. The molecule has 0 aromatic heterocycles. The number of amides is 1. The van der Waals surface area contributed by atoms with Crippen LogP contribution in [0.4, 0.5) is 0 Å². The maximum absolute atomic E-state index is 12.4. The zero-order valence-electron chi connectivity index (χ0n) is 15.2. The van der Waals surface area contributed by atoms with Crippen molar-refractivity contribution in [1.82, 2.24) is 14.1 Å². The van der Waals surface area contributed by atoms with E-state index in [0.29, 0.717) is 19.6 Å². The summed E-state index contributed by atoms with van der Waals surface area (Å²) in [6.07, 6.45) is 2.21. The number of piperazine rings is 1. The van der Waals surface area contributed by atoms with E-state index in [0.717, 1.165) is 26.1 Å². The molecule has 1 amide bonds. The molecule has 1 aromatic rings. The maximum Gasteiger partial charge on any atom is 0.223 e. The lowest BCUT2D eigenvalue weighted by Gasteiger charge is -2.35.